The van der Waals surface area contributed by atoms with Crippen LogP contribution in [0.1, 0.15) is 5.56 Å². The summed E-state index contributed by atoms with van der Waals surface area (Å²) in [5.74, 6) is -0.316. The Labute approximate surface area is 170 Å². The van der Waals surface area contributed by atoms with Crippen LogP contribution in [0, 0.1) is 5.82 Å². The van der Waals surface area contributed by atoms with Crippen LogP contribution in [-0.2, 0) is 4.79 Å². The van der Waals surface area contributed by atoms with E-state index in [0.717, 1.165) is 11.8 Å². The van der Waals surface area contributed by atoms with Gasteiger partial charge in [-0.1, -0.05) is 41.9 Å². The number of rotatable bonds is 3. The maximum atomic E-state index is 14.2. The summed E-state index contributed by atoms with van der Waals surface area (Å²) in [5.41, 5.74) is 0.838. The zero-order valence-corrected chi connectivity index (χ0v) is 16.0. The van der Waals surface area contributed by atoms with Crippen molar-refractivity contribution in [3.05, 3.63) is 94.2 Å². The second kappa shape index (κ2) is 7.96. The van der Waals surface area contributed by atoms with Crippen molar-refractivity contribution in [3.63, 3.8) is 0 Å². The van der Waals surface area contributed by atoms with Gasteiger partial charge in [-0.15, -0.1) is 0 Å². The summed E-state index contributed by atoms with van der Waals surface area (Å²) in [6.45, 7) is 0. The molecule has 1 saturated heterocycles. The van der Waals surface area contributed by atoms with Gasteiger partial charge in [0, 0.05) is 11.8 Å². The second-order valence-electron chi connectivity index (χ2n) is 5.80. The van der Waals surface area contributed by atoms with Crippen molar-refractivity contribution >= 4 is 52.0 Å². The van der Waals surface area contributed by atoms with E-state index in [1.54, 1.807) is 24.4 Å². The van der Waals surface area contributed by atoms with Crippen LogP contribution in [0.4, 0.5) is 15.9 Å². The van der Waals surface area contributed by atoms with Gasteiger partial charge in [0.05, 0.1) is 15.6 Å². The van der Waals surface area contributed by atoms with Gasteiger partial charge < -0.3 is 0 Å². The molecule has 0 saturated carbocycles. The fraction of sp³-hybridized carbons (Fsp3) is 0. The monoisotopic (exact) mass is 409 g/mol. The van der Waals surface area contributed by atoms with Crippen LogP contribution in [0.2, 0.25) is 5.02 Å². The number of pyridine rings is 1. The molecular weight excluding hydrogens is 397 g/mol. The van der Waals surface area contributed by atoms with Crippen molar-refractivity contribution in [3.8, 4) is 0 Å². The molecule has 1 aliphatic heterocycles. The summed E-state index contributed by atoms with van der Waals surface area (Å²) in [4.78, 5) is 23.6. The van der Waals surface area contributed by atoms with E-state index in [1.807, 2.05) is 36.4 Å². The van der Waals surface area contributed by atoms with Gasteiger partial charge in [0.2, 0.25) is 0 Å². The fourth-order valence-corrected chi connectivity index (χ4v) is 3.84. The number of carbonyl (C=O) groups is 1. The number of para-hydroxylation sites is 1. The lowest BCUT2D eigenvalue weighted by Gasteiger charge is -2.15. The Kier molecular flexibility index (Phi) is 5.23. The number of aromatic nitrogens is 1. The molecule has 0 atom stereocenters. The lowest BCUT2D eigenvalue weighted by Crippen LogP contribution is -2.28. The highest BCUT2D eigenvalue weighted by Gasteiger charge is 2.35. The highest BCUT2D eigenvalue weighted by Crippen LogP contribution is 2.38. The second-order valence-corrected chi connectivity index (χ2v) is 7.22. The van der Waals surface area contributed by atoms with Crippen molar-refractivity contribution in [2.24, 2.45) is 4.99 Å². The van der Waals surface area contributed by atoms with Gasteiger partial charge in [0.25, 0.3) is 5.91 Å². The maximum absolute atomic E-state index is 14.2. The van der Waals surface area contributed by atoms with E-state index < -0.39 is 5.82 Å². The van der Waals surface area contributed by atoms with Crippen LogP contribution in [-0.4, -0.2) is 16.1 Å². The van der Waals surface area contributed by atoms with E-state index in [0.29, 0.717) is 21.6 Å². The number of halogens is 2. The summed E-state index contributed by atoms with van der Waals surface area (Å²) in [6.07, 6.45) is 3.09. The number of amidine groups is 1. The largest absolute Gasteiger partial charge is 0.271 e. The van der Waals surface area contributed by atoms with Gasteiger partial charge in [-0.2, -0.15) is 0 Å². The zero-order valence-electron chi connectivity index (χ0n) is 14.4. The average Bonchev–Trinajstić information content (AvgIpc) is 3.01. The predicted octanol–water partition coefficient (Wildman–Crippen LogP) is 5.68. The number of aliphatic imine (C=N–C) groups is 1. The minimum Gasteiger partial charge on any atom is -0.268 e. The Hall–Kier alpha value is -2.96. The molecule has 0 radical (unpaired) electrons. The minimum absolute atomic E-state index is 0.173. The molecule has 0 bridgehead atoms. The van der Waals surface area contributed by atoms with E-state index in [-0.39, 0.29) is 16.5 Å². The first kappa shape index (κ1) is 18.4. The first-order valence-corrected chi connectivity index (χ1v) is 9.56. The number of amides is 1. The van der Waals surface area contributed by atoms with Crippen molar-refractivity contribution in [1.29, 1.82) is 0 Å². The number of anilines is 1. The molecule has 1 amide bonds. The summed E-state index contributed by atoms with van der Waals surface area (Å²) in [5, 5.41) is 0.677. The molecule has 0 unspecified atom stereocenters. The molecule has 1 fully saturated rings. The Morgan fingerprint density at radius 3 is 2.54 bits per heavy atom. The first-order chi connectivity index (χ1) is 13.6. The van der Waals surface area contributed by atoms with E-state index in [4.69, 9.17) is 11.6 Å². The highest BCUT2D eigenvalue weighted by molar-refractivity contribution is 8.19. The molecule has 2 aromatic carbocycles. The Morgan fingerprint density at radius 2 is 1.82 bits per heavy atom. The molecule has 7 heteroatoms. The smallest absolute Gasteiger partial charge is 0.268 e. The van der Waals surface area contributed by atoms with Crippen molar-refractivity contribution in [2.45, 2.75) is 0 Å². The molecule has 0 aliphatic carbocycles. The zero-order chi connectivity index (χ0) is 19.5. The average molecular weight is 410 g/mol. The quantitative estimate of drug-likeness (QED) is 0.522. The third kappa shape index (κ3) is 3.69. The number of hydrogen-bond donors (Lipinski definition) is 0. The number of nitrogens with zero attached hydrogens (tertiary/aromatic N) is 3. The van der Waals surface area contributed by atoms with Gasteiger partial charge in [-0.05, 0) is 54.2 Å². The van der Waals surface area contributed by atoms with E-state index in [2.05, 4.69) is 9.98 Å². The SMILES string of the molecule is O=C1/C(=C/c2c(F)cccc2Cl)S/C(=N/c2ccccn2)N1c1ccccc1. The molecule has 138 valence electrons. The number of hydrogen-bond acceptors (Lipinski definition) is 4. The van der Waals surface area contributed by atoms with Gasteiger partial charge >= 0.3 is 0 Å². The molecular formula is C21H13ClFN3OS. The molecule has 4 nitrogen and oxygen atoms in total. The van der Waals surface area contributed by atoms with Gasteiger partial charge in [0.1, 0.15) is 5.82 Å². The number of thioether (sulfide) groups is 1. The minimum atomic E-state index is -0.491. The van der Waals surface area contributed by atoms with Crippen molar-refractivity contribution < 1.29 is 9.18 Å². The first-order valence-electron chi connectivity index (χ1n) is 8.36. The molecule has 1 aromatic heterocycles. The highest BCUT2D eigenvalue weighted by atomic mass is 35.5. The summed E-state index contributed by atoms with van der Waals surface area (Å²) >= 11 is 7.27. The Balaban J connectivity index is 1.81. The van der Waals surface area contributed by atoms with Gasteiger partial charge in [-0.3, -0.25) is 9.69 Å². The van der Waals surface area contributed by atoms with E-state index >= 15 is 0 Å². The molecule has 0 spiro atoms. The van der Waals surface area contributed by atoms with Gasteiger partial charge in [0.15, 0.2) is 11.0 Å². The lowest BCUT2D eigenvalue weighted by molar-refractivity contribution is -0.113. The Morgan fingerprint density at radius 1 is 1.04 bits per heavy atom. The summed E-state index contributed by atoms with van der Waals surface area (Å²) < 4.78 is 14.2. The fourth-order valence-electron chi connectivity index (χ4n) is 2.65. The van der Waals surface area contributed by atoms with Crippen LogP contribution in [0.15, 0.2) is 82.8 Å². The molecule has 28 heavy (non-hydrogen) atoms. The molecule has 4 rings (SSSR count). The molecule has 3 aromatic rings. The number of benzene rings is 2. The third-order valence-electron chi connectivity index (χ3n) is 3.96. The molecule has 2 heterocycles. The summed E-state index contributed by atoms with van der Waals surface area (Å²) in [7, 11) is 0. The van der Waals surface area contributed by atoms with Crippen LogP contribution < -0.4 is 4.90 Å². The van der Waals surface area contributed by atoms with Crippen molar-refractivity contribution in [1.82, 2.24) is 4.98 Å². The topological polar surface area (TPSA) is 45.6 Å². The van der Waals surface area contributed by atoms with E-state index in [1.165, 1.54) is 23.1 Å². The maximum Gasteiger partial charge on any atom is 0.271 e. The normalized spacial score (nSPS) is 16.9. The summed E-state index contributed by atoms with van der Waals surface area (Å²) in [6, 6.07) is 18.9. The van der Waals surface area contributed by atoms with Gasteiger partial charge in [-0.25, -0.2) is 14.4 Å². The number of carbonyl (C=O) groups excluding carboxylic acids is 1. The predicted molar refractivity (Wildman–Crippen MR) is 112 cm³/mol. The molecule has 0 N–H and O–H groups in total. The molecule has 1 aliphatic rings. The lowest BCUT2D eigenvalue weighted by atomic mass is 10.2. The van der Waals surface area contributed by atoms with Crippen LogP contribution in [0.3, 0.4) is 0 Å². The van der Waals surface area contributed by atoms with Crippen molar-refractivity contribution in [2.75, 3.05) is 4.90 Å². The third-order valence-corrected chi connectivity index (χ3v) is 5.25. The Bertz CT molecular complexity index is 1070. The van der Waals surface area contributed by atoms with Crippen LogP contribution in [0.25, 0.3) is 6.08 Å². The van der Waals surface area contributed by atoms with Crippen LogP contribution in [0.5, 0.6) is 0 Å². The van der Waals surface area contributed by atoms with E-state index in [9.17, 15) is 9.18 Å². The van der Waals surface area contributed by atoms with Crippen LogP contribution >= 0.6 is 23.4 Å². The standard InChI is InChI=1S/C21H13ClFN3OS/c22-16-9-6-10-17(23)15(16)13-18-20(27)26(14-7-2-1-3-8-14)21(28-18)25-19-11-4-5-12-24-19/h1-13H/b18-13-,25-21+.